The molecule has 0 spiro atoms. The molecule has 1 aromatic carbocycles. The van der Waals surface area contributed by atoms with Gasteiger partial charge in [-0.3, -0.25) is 4.79 Å². The van der Waals surface area contributed by atoms with Gasteiger partial charge in [-0.15, -0.1) is 10.2 Å². The van der Waals surface area contributed by atoms with Crippen LogP contribution in [0.3, 0.4) is 0 Å². The lowest BCUT2D eigenvalue weighted by atomic mass is 10.2. The van der Waals surface area contributed by atoms with Crippen molar-refractivity contribution >= 4 is 35.0 Å². The first-order chi connectivity index (χ1) is 13.6. The summed E-state index contributed by atoms with van der Waals surface area (Å²) in [5.41, 5.74) is 1.85. The van der Waals surface area contributed by atoms with Crippen LogP contribution in [-0.4, -0.2) is 52.9 Å². The maximum Gasteiger partial charge on any atom is 0.277 e. The lowest BCUT2D eigenvalue weighted by molar-refractivity contribution is -0.128. The standard InChI is InChI=1S/C19H19ClN4O3S/c1-13-16(5-10-26-13)18-21-22-19(27-18)28-12-17(25)24-8-6-23(7-9-24)15-4-2-3-14(20)11-15/h2-5,10-11H,6-9,12H2,1H3. The summed E-state index contributed by atoms with van der Waals surface area (Å²) in [5, 5.41) is 9.12. The molecule has 2 aromatic heterocycles. The summed E-state index contributed by atoms with van der Waals surface area (Å²) >= 11 is 7.32. The van der Waals surface area contributed by atoms with Crippen molar-refractivity contribution in [2.75, 3.05) is 36.8 Å². The SMILES string of the molecule is Cc1occc1-c1nnc(SCC(=O)N2CCN(c3cccc(Cl)c3)CC2)o1. The van der Waals surface area contributed by atoms with Crippen molar-refractivity contribution in [1.29, 1.82) is 0 Å². The van der Waals surface area contributed by atoms with Gasteiger partial charge in [0.2, 0.25) is 5.91 Å². The Balaban J connectivity index is 1.28. The third-order valence-electron chi connectivity index (χ3n) is 4.62. The zero-order valence-corrected chi connectivity index (χ0v) is 16.9. The van der Waals surface area contributed by atoms with Gasteiger partial charge in [0.1, 0.15) is 5.76 Å². The van der Waals surface area contributed by atoms with Crippen LogP contribution < -0.4 is 4.90 Å². The number of thioether (sulfide) groups is 1. The number of rotatable bonds is 5. The molecule has 1 fully saturated rings. The van der Waals surface area contributed by atoms with Crippen molar-refractivity contribution in [1.82, 2.24) is 15.1 Å². The third-order valence-corrected chi connectivity index (χ3v) is 5.66. The fourth-order valence-corrected chi connectivity index (χ4v) is 3.94. The fraction of sp³-hybridized carbons (Fsp3) is 0.316. The van der Waals surface area contributed by atoms with Crippen molar-refractivity contribution < 1.29 is 13.6 Å². The van der Waals surface area contributed by atoms with Gasteiger partial charge in [0.25, 0.3) is 11.1 Å². The number of furan rings is 1. The van der Waals surface area contributed by atoms with Crippen molar-refractivity contribution in [3.8, 4) is 11.5 Å². The number of carbonyl (C=O) groups excluding carboxylic acids is 1. The molecule has 3 heterocycles. The number of anilines is 1. The minimum absolute atomic E-state index is 0.0648. The monoisotopic (exact) mass is 418 g/mol. The number of hydrogen-bond donors (Lipinski definition) is 0. The van der Waals surface area contributed by atoms with E-state index in [0.29, 0.717) is 30.0 Å². The Morgan fingerprint density at radius 1 is 1.21 bits per heavy atom. The smallest absolute Gasteiger partial charge is 0.277 e. The summed E-state index contributed by atoms with van der Waals surface area (Å²) in [7, 11) is 0. The molecule has 0 N–H and O–H groups in total. The summed E-state index contributed by atoms with van der Waals surface area (Å²) in [4.78, 5) is 16.6. The second-order valence-electron chi connectivity index (χ2n) is 6.40. The van der Waals surface area contributed by atoms with E-state index in [0.717, 1.165) is 29.4 Å². The molecule has 1 amide bonds. The first kappa shape index (κ1) is 18.9. The number of piperazine rings is 1. The quantitative estimate of drug-likeness (QED) is 0.584. The van der Waals surface area contributed by atoms with Crippen LogP contribution in [0.1, 0.15) is 5.76 Å². The number of amides is 1. The molecular weight excluding hydrogens is 400 g/mol. The third kappa shape index (κ3) is 4.18. The largest absolute Gasteiger partial charge is 0.469 e. The zero-order chi connectivity index (χ0) is 19.5. The average molecular weight is 419 g/mol. The number of aromatic nitrogens is 2. The highest BCUT2D eigenvalue weighted by Crippen LogP contribution is 2.26. The van der Waals surface area contributed by atoms with Crippen LogP contribution in [0.2, 0.25) is 5.02 Å². The molecule has 3 aromatic rings. The van der Waals surface area contributed by atoms with Gasteiger partial charge in [-0.05, 0) is 31.2 Å². The molecule has 7 nitrogen and oxygen atoms in total. The Bertz CT molecular complexity index is 966. The van der Waals surface area contributed by atoms with Crippen molar-refractivity contribution in [3.63, 3.8) is 0 Å². The van der Waals surface area contributed by atoms with Gasteiger partial charge in [0.15, 0.2) is 0 Å². The molecule has 1 saturated heterocycles. The van der Waals surface area contributed by atoms with Crippen molar-refractivity contribution in [3.05, 3.63) is 47.4 Å². The van der Waals surface area contributed by atoms with Crippen LogP contribution in [0.4, 0.5) is 5.69 Å². The highest BCUT2D eigenvalue weighted by Gasteiger charge is 2.22. The Hall–Kier alpha value is -2.45. The van der Waals surface area contributed by atoms with Gasteiger partial charge < -0.3 is 18.6 Å². The fourth-order valence-electron chi connectivity index (χ4n) is 3.09. The van der Waals surface area contributed by atoms with E-state index in [1.807, 2.05) is 36.1 Å². The van der Waals surface area contributed by atoms with Crippen LogP contribution in [0.15, 0.2) is 50.7 Å². The van der Waals surface area contributed by atoms with Gasteiger partial charge in [0, 0.05) is 36.9 Å². The van der Waals surface area contributed by atoms with Gasteiger partial charge in [0.05, 0.1) is 17.6 Å². The van der Waals surface area contributed by atoms with Crippen LogP contribution in [0.5, 0.6) is 0 Å². The van der Waals surface area contributed by atoms with Crippen LogP contribution in [0.25, 0.3) is 11.5 Å². The maximum atomic E-state index is 12.5. The van der Waals surface area contributed by atoms with Gasteiger partial charge in [-0.25, -0.2) is 0 Å². The van der Waals surface area contributed by atoms with E-state index in [4.69, 9.17) is 20.4 Å². The Morgan fingerprint density at radius 3 is 2.75 bits per heavy atom. The lowest BCUT2D eigenvalue weighted by Gasteiger charge is -2.36. The van der Waals surface area contributed by atoms with Crippen molar-refractivity contribution in [2.24, 2.45) is 0 Å². The number of nitrogens with zero attached hydrogens (tertiary/aromatic N) is 4. The molecule has 0 bridgehead atoms. The van der Waals surface area contributed by atoms with E-state index in [1.165, 1.54) is 11.8 Å². The van der Waals surface area contributed by atoms with Gasteiger partial charge in [-0.2, -0.15) is 0 Å². The van der Waals surface area contributed by atoms with E-state index in [9.17, 15) is 4.79 Å². The topological polar surface area (TPSA) is 75.6 Å². The first-order valence-corrected chi connectivity index (χ1v) is 10.3. The molecule has 0 saturated carbocycles. The van der Waals surface area contributed by atoms with E-state index >= 15 is 0 Å². The van der Waals surface area contributed by atoms with E-state index < -0.39 is 0 Å². The summed E-state index contributed by atoms with van der Waals surface area (Å²) in [6.45, 7) is 4.74. The van der Waals surface area contributed by atoms with Crippen molar-refractivity contribution in [2.45, 2.75) is 12.1 Å². The molecule has 1 aliphatic heterocycles. The number of hydrogen-bond acceptors (Lipinski definition) is 7. The predicted molar refractivity (Wildman–Crippen MR) is 108 cm³/mol. The van der Waals surface area contributed by atoms with Gasteiger partial charge >= 0.3 is 0 Å². The summed E-state index contributed by atoms with van der Waals surface area (Å²) in [6.07, 6.45) is 1.58. The lowest BCUT2D eigenvalue weighted by Crippen LogP contribution is -2.49. The highest BCUT2D eigenvalue weighted by atomic mass is 35.5. The molecule has 0 unspecified atom stereocenters. The molecule has 9 heteroatoms. The number of carbonyl (C=O) groups is 1. The number of benzene rings is 1. The minimum atomic E-state index is 0.0648. The Morgan fingerprint density at radius 2 is 2.04 bits per heavy atom. The molecule has 0 atom stereocenters. The van der Waals surface area contributed by atoms with Crippen LogP contribution in [-0.2, 0) is 4.79 Å². The molecular formula is C19H19ClN4O3S. The summed E-state index contributed by atoms with van der Waals surface area (Å²) < 4.78 is 10.9. The number of aryl methyl sites for hydroxylation is 1. The molecule has 146 valence electrons. The second-order valence-corrected chi connectivity index (χ2v) is 7.76. The highest BCUT2D eigenvalue weighted by molar-refractivity contribution is 7.99. The number of halogens is 1. The molecule has 4 rings (SSSR count). The molecule has 28 heavy (non-hydrogen) atoms. The summed E-state index contributed by atoms with van der Waals surface area (Å²) in [5.74, 6) is 1.45. The minimum Gasteiger partial charge on any atom is -0.469 e. The first-order valence-electron chi connectivity index (χ1n) is 8.89. The Labute approximate surface area is 171 Å². The van der Waals surface area contributed by atoms with E-state index in [-0.39, 0.29) is 11.7 Å². The van der Waals surface area contributed by atoms with Crippen LogP contribution >= 0.6 is 23.4 Å². The maximum absolute atomic E-state index is 12.5. The summed E-state index contributed by atoms with van der Waals surface area (Å²) in [6, 6.07) is 9.56. The van der Waals surface area contributed by atoms with E-state index in [1.54, 1.807) is 12.3 Å². The normalized spacial score (nSPS) is 14.5. The zero-order valence-electron chi connectivity index (χ0n) is 15.3. The molecule has 0 aliphatic carbocycles. The van der Waals surface area contributed by atoms with Gasteiger partial charge in [-0.1, -0.05) is 29.4 Å². The molecule has 1 aliphatic rings. The van der Waals surface area contributed by atoms with E-state index in [2.05, 4.69) is 15.1 Å². The second kappa shape index (κ2) is 8.28. The molecule has 0 radical (unpaired) electrons. The predicted octanol–water partition coefficient (Wildman–Crippen LogP) is 3.73. The average Bonchev–Trinajstić information content (AvgIpc) is 3.35. The van der Waals surface area contributed by atoms with Crippen LogP contribution in [0, 0.1) is 6.92 Å². The Kier molecular flexibility index (Phi) is 5.59.